The summed E-state index contributed by atoms with van der Waals surface area (Å²) in [6.45, 7) is 2.51. The summed E-state index contributed by atoms with van der Waals surface area (Å²) in [5, 5.41) is 11.8. The van der Waals surface area contributed by atoms with E-state index in [9.17, 15) is 9.90 Å². The van der Waals surface area contributed by atoms with Crippen molar-refractivity contribution in [2.24, 2.45) is 0 Å². The maximum absolute atomic E-state index is 12.3. The van der Waals surface area contributed by atoms with Crippen molar-refractivity contribution in [1.82, 2.24) is 0 Å². The molecule has 1 aromatic heterocycles. The molecule has 0 amide bonds. The molecule has 0 aliphatic carbocycles. The summed E-state index contributed by atoms with van der Waals surface area (Å²) >= 11 is 12.3. The van der Waals surface area contributed by atoms with E-state index in [1.54, 1.807) is 12.1 Å². The zero-order valence-electron chi connectivity index (χ0n) is 14.5. The minimum Gasteiger partial charge on any atom is -0.422 e. The quantitative estimate of drug-likeness (QED) is 0.670. The van der Waals surface area contributed by atoms with Gasteiger partial charge in [-0.15, -0.1) is 0 Å². The molecule has 0 saturated carbocycles. The molecule has 1 N–H and O–H groups in total. The second-order valence-electron chi connectivity index (χ2n) is 6.44. The number of para-hydroxylation sites is 1. The van der Waals surface area contributed by atoms with E-state index in [0.29, 0.717) is 34.3 Å². The average molecular weight is 405 g/mol. The van der Waals surface area contributed by atoms with Gasteiger partial charge < -0.3 is 19.3 Å². The molecule has 4 rings (SSSR count). The molecule has 1 fully saturated rings. The normalized spacial score (nSPS) is 14.8. The fraction of sp³-hybridized carbons (Fsp3) is 0.250. The van der Waals surface area contributed by atoms with Gasteiger partial charge in [-0.1, -0.05) is 35.3 Å². The first-order chi connectivity index (χ1) is 13.1. The zero-order valence-corrected chi connectivity index (χ0v) is 16.0. The first-order valence-electron chi connectivity index (χ1n) is 8.69. The zero-order chi connectivity index (χ0) is 19.0. The van der Waals surface area contributed by atoms with Crippen LogP contribution in [0.3, 0.4) is 0 Å². The van der Waals surface area contributed by atoms with Crippen molar-refractivity contribution < 1.29 is 9.52 Å². The van der Waals surface area contributed by atoms with Gasteiger partial charge in [0.1, 0.15) is 5.58 Å². The summed E-state index contributed by atoms with van der Waals surface area (Å²) in [6.07, 6.45) is 0. The Labute approximate surface area is 166 Å². The van der Waals surface area contributed by atoms with Crippen molar-refractivity contribution in [2.45, 2.75) is 6.61 Å². The fourth-order valence-corrected chi connectivity index (χ4v) is 4.11. The van der Waals surface area contributed by atoms with Crippen molar-refractivity contribution in [3.8, 4) is 0 Å². The van der Waals surface area contributed by atoms with Gasteiger partial charge in [0, 0.05) is 36.6 Å². The lowest BCUT2D eigenvalue weighted by molar-refractivity contribution is 0.276. The fourth-order valence-electron chi connectivity index (χ4n) is 3.58. The largest absolute Gasteiger partial charge is 0.422 e. The van der Waals surface area contributed by atoms with Crippen LogP contribution in [0.1, 0.15) is 5.56 Å². The van der Waals surface area contributed by atoms with Crippen LogP contribution in [0.2, 0.25) is 10.0 Å². The Morgan fingerprint density at radius 1 is 1.00 bits per heavy atom. The van der Waals surface area contributed by atoms with Crippen molar-refractivity contribution >= 4 is 45.5 Å². The van der Waals surface area contributed by atoms with Crippen LogP contribution in [0.25, 0.3) is 11.0 Å². The number of piperazine rings is 1. The van der Waals surface area contributed by atoms with E-state index >= 15 is 0 Å². The summed E-state index contributed by atoms with van der Waals surface area (Å²) < 4.78 is 5.35. The van der Waals surface area contributed by atoms with Gasteiger partial charge in [0.25, 0.3) is 0 Å². The Bertz CT molecular complexity index is 1040. The number of hydrogen-bond acceptors (Lipinski definition) is 5. The molecular weight excluding hydrogens is 387 g/mol. The van der Waals surface area contributed by atoms with Crippen molar-refractivity contribution in [2.75, 3.05) is 36.0 Å². The number of aliphatic hydroxyl groups is 1. The van der Waals surface area contributed by atoms with E-state index in [2.05, 4.69) is 9.80 Å². The van der Waals surface area contributed by atoms with Gasteiger partial charge >= 0.3 is 5.63 Å². The highest BCUT2D eigenvalue weighted by molar-refractivity contribution is 6.36. The standard InChI is InChI=1S/C20H18Cl2N2O3/c21-13-5-6-17(16(22)11-13)23-7-9-24(10-8-23)19-14-3-1-2-4-18(14)27-20(26)15(19)12-25/h1-6,11,25H,7-10,12H2. The summed E-state index contributed by atoms with van der Waals surface area (Å²) in [4.78, 5) is 16.6. The second kappa shape index (κ2) is 7.43. The number of benzene rings is 2. The molecule has 0 radical (unpaired) electrons. The van der Waals surface area contributed by atoms with Crippen molar-refractivity contribution in [3.63, 3.8) is 0 Å². The number of aliphatic hydroxyl groups excluding tert-OH is 1. The van der Waals surface area contributed by atoms with E-state index in [0.717, 1.165) is 29.9 Å². The van der Waals surface area contributed by atoms with Gasteiger partial charge in [0.05, 0.1) is 28.6 Å². The van der Waals surface area contributed by atoms with E-state index in [1.165, 1.54) is 0 Å². The number of halogens is 2. The van der Waals surface area contributed by atoms with Gasteiger partial charge in [-0.2, -0.15) is 0 Å². The van der Waals surface area contributed by atoms with Crippen LogP contribution in [0.4, 0.5) is 11.4 Å². The number of anilines is 2. The molecule has 1 aliphatic heterocycles. The van der Waals surface area contributed by atoms with Crippen LogP contribution in [0.5, 0.6) is 0 Å². The van der Waals surface area contributed by atoms with Crippen LogP contribution in [-0.2, 0) is 6.61 Å². The molecule has 3 aromatic rings. The number of nitrogens with zero attached hydrogens (tertiary/aromatic N) is 2. The highest BCUT2D eigenvalue weighted by Crippen LogP contribution is 2.33. The molecular formula is C20H18Cl2N2O3. The molecule has 27 heavy (non-hydrogen) atoms. The predicted molar refractivity (Wildman–Crippen MR) is 109 cm³/mol. The molecule has 7 heteroatoms. The first kappa shape index (κ1) is 18.2. The third-order valence-electron chi connectivity index (χ3n) is 4.88. The summed E-state index contributed by atoms with van der Waals surface area (Å²) in [7, 11) is 0. The summed E-state index contributed by atoms with van der Waals surface area (Å²) in [5.74, 6) is 0. The van der Waals surface area contributed by atoms with E-state index in [-0.39, 0.29) is 6.61 Å². The molecule has 5 nitrogen and oxygen atoms in total. The molecule has 1 saturated heterocycles. The number of rotatable bonds is 3. The Kier molecular flexibility index (Phi) is 5.00. The summed E-state index contributed by atoms with van der Waals surface area (Å²) in [6, 6.07) is 12.9. The number of fused-ring (bicyclic) bond motifs is 1. The van der Waals surface area contributed by atoms with Crippen LogP contribution in [0, 0.1) is 0 Å². The maximum atomic E-state index is 12.3. The van der Waals surface area contributed by atoms with E-state index in [1.807, 2.05) is 30.3 Å². The van der Waals surface area contributed by atoms with E-state index in [4.69, 9.17) is 27.6 Å². The third-order valence-corrected chi connectivity index (χ3v) is 5.42. The van der Waals surface area contributed by atoms with Crippen LogP contribution < -0.4 is 15.4 Å². The molecule has 2 aromatic carbocycles. The Morgan fingerprint density at radius 2 is 1.70 bits per heavy atom. The van der Waals surface area contributed by atoms with Gasteiger partial charge in [-0.3, -0.25) is 0 Å². The lowest BCUT2D eigenvalue weighted by Crippen LogP contribution is -2.47. The number of hydrogen-bond donors (Lipinski definition) is 1. The van der Waals surface area contributed by atoms with Gasteiger partial charge in [-0.25, -0.2) is 4.79 Å². The third kappa shape index (κ3) is 3.38. The highest BCUT2D eigenvalue weighted by Gasteiger charge is 2.24. The SMILES string of the molecule is O=c1oc2ccccc2c(N2CCN(c3ccc(Cl)cc3Cl)CC2)c1CO. The highest BCUT2D eigenvalue weighted by atomic mass is 35.5. The second-order valence-corrected chi connectivity index (χ2v) is 7.28. The lowest BCUT2D eigenvalue weighted by Gasteiger charge is -2.38. The van der Waals surface area contributed by atoms with Gasteiger partial charge in [0.2, 0.25) is 0 Å². The first-order valence-corrected chi connectivity index (χ1v) is 9.44. The van der Waals surface area contributed by atoms with Gasteiger partial charge in [-0.05, 0) is 30.3 Å². The molecule has 0 atom stereocenters. The lowest BCUT2D eigenvalue weighted by atomic mass is 10.1. The molecule has 140 valence electrons. The maximum Gasteiger partial charge on any atom is 0.343 e. The molecule has 2 heterocycles. The Morgan fingerprint density at radius 3 is 2.41 bits per heavy atom. The minimum absolute atomic E-state index is 0.298. The van der Waals surface area contributed by atoms with Crippen LogP contribution in [0.15, 0.2) is 51.7 Å². The van der Waals surface area contributed by atoms with Gasteiger partial charge in [0.15, 0.2) is 0 Å². The van der Waals surface area contributed by atoms with E-state index < -0.39 is 5.63 Å². The topological polar surface area (TPSA) is 56.9 Å². The van der Waals surface area contributed by atoms with Crippen LogP contribution >= 0.6 is 23.2 Å². The Balaban J connectivity index is 1.66. The monoisotopic (exact) mass is 404 g/mol. The summed E-state index contributed by atoms with van der Waals surface area (Å²) in [5.41, 5.74) is 2.03. The van der Waals surface area contributed by atoms with Crippen molar-refractivity contribution in [3.05, 3.63) is 68.5 Å². The molecule has 0 spiro atoms. The molecule has 0 bridgehead atoms. The predicted octanol–water partition coefficient (Wildman–Crippen LogP) is 3.92. The molecule has 1 aliphatic rings. The van der Waals surface area contributed by atoms with Crippen molar-refractivity contribution in [1.29, 1.82) is 0 Å². The average Bonchev–Trinajstić information content (AvgIpc) is 2.67. The minimum atomic E-state index is -0.491. The Hall–Kier alpha value is -2.21. The van der Waals surface area contributed by atoms with Crippen LogP contribution in [-0.4, -0.2) is 31.3 Å². The smallest absolute Gasteiger partial charge is 0.343 e. The molecule has 0 unspecified atom stereocenters.